The second kappa shape index (κ2) is 5.57. The Morgan fingerprint density at radius 2 is 2.31 bits per heavy atom. The van der Waals surface area contributed by atoms with Gasteiger partial charge in [-0.3, -0.25) is 4.79 Å². The van der Waals surface area contributed by atoms with Gasteiger partial charge in [-0.15, -0.1) is 6.58 Å². The summed E-state index contributed by atoms with van der Waals surface area (Å²) in [6.45, 7) is 4.56. The van der Waals surface area contributed by atoms with E-state index in [1.54, 1.807) is 0 Å². The lowest BCUT2D eigenvalue weighted by atomic mass is 10.2. The molecule has 0 spiro atoms. The van der Waals surface area contributed by atoms with Gasteiger partial charge in [0.2, 0.25) is 5.91 Å². The third-order valence-electron chi connectivity index (χ3n) is 2.17. The maximum absolute atomic E-state index is 11.2. The lowest BCUT2D eigenvalue weighted by Gasteiger charge is -2.07. The summed E-state index contributed by atoms with van der Waals surface area (Å²) >= 11 is 0. The van der Waals surface area contributed by atoms with Gasteiger partial charge < -0.3 is 4.90 Å². The number of likely N-dealkylation sites (tertiary alicyclic amines) is 1. The van der Waals surface area contributed by atoms with E-state index in [0.717, 1.165) is 38.6 Å². The van der Waals surface area contributed by atoms with E-state index in [4.69, 9.17) is 0 Å². The van der Waals surface area contributed by atoms with E-state index in [9.17, 15) is 4.79 Å². The molecule has 0 N–H and O–H groups in total. The molecular weight excluding hydrogens is 162 g/mol. The fourth-order valence-electron chi connectivity index (χ4n) is 1.41. The van der Waals surface area contributed by atoms with Crippen molar-refractivity contribution in [3.05, 3.63) is 24.9 Å². The molecule has 1 fully saturated rings. The molecule has 1 saturated heterocycles. The van der Waals surface area contributed by atoms with Crippen LogP contribution in [0.3, 0.4) is 0 Å². The molecular formula is C11H17NO. The minimum absolute atomic E-state index is 0.264. The van der Waals surface area contributed by atoms with Gasteiger partial charge in [0.15, 0.2) is 0 Å². The first kappa shape index (κ1) is 10.0. The molecule has 0 aromatic heterocycles. The van der Waals surface area contributed by atoms with Crippen LogP contribution < -0.4 is 0 Å². The Balaban J connectivity index is 2.15. The molecule has 1 aliphatic heterocycles. The molecule has 0 aromatic rings. The molecule has 0 atom stereocenters. The summed E-state index contributed by atoms with van der Waals surface area (Å²) in [4.78, 5) is 13.0. The summed E-state index contributed by atoms with van der Waals surface area (Å²) in [5, 5.41) is 0. The lowest BCUT2D eigenvalue weighted by molar-refractivity contribution is -0.125. The molecule has 72 valence electrons. The van der Waals surface area contributed by atoms with E-state index in [-0.39, 0.29) is 5.91 Å². The van der Waals surface area contributed by atoms with Crippen LogP contribution in [0, 0.1) is 0 Å². The zero-order valence-corrected chi connectivity index (χ0v) is 8.04. The molecule has 1 aliphatic rings. The summed E-state index contributed by atoms with van der Waals surface area (Å²) in [6, 6.07) is 0. The fraction of sp³-hybridized carbons (Fsp3) is 0.545. The Hall–Kier alpha value is -1.05. The van der Waals surface area contributed by atoms with Crippen molar-refractivity contribution >= 4 is 5.91 Å². The van der Waals surface area contributed by atoms with Gasteiger partial charge in [0, 0.05) is 19.2 Å². The van der Waals surface area contributed by atoms with Crippen molar-refractivity contribution in [1.82, 2.24) is 4.90 Å². The van der Waals surface area contributed by atoms with Gasteiger partial charge in [-0.1, -0.05) is 12.2 Å². The summed E-state index contributed by atoms with van der Waals surface area (Å²) in [5.41, 5.74) is 0. The van der Waals surface area contributed by atoms with E-state index in [0.29, 0.717) is 0 Å². The van der Waals surface area contributed by atoms with Gasteiger partial charge in [-0.05, 0) is 25.7 Å². The molecule has 1 amide bonds. The Morgan fingerprint density at radius 1 is 1.46 bits per heavy atom. The topological polar surface area (TPSA) is 20.3 Å². The zero-order valence-electron chi connectivity index (χ0n) is 8.04. The lowest BCUT2D eigenvalue weighted by Crippen LogP contribution is -2.17. The number of allylic oxidation sites excluding steroid dienone is 2. The van der Waals surface area contributed by atoms with Gasteiger partial charge in [0.25, 0.3) is 0 Å². The van der Waals surface area contributed by atoms with Crippen LogP contribution in [0.25, 0.3) is 0 Å². The molecule has 13 heavy (non-hydrogen) atoms. The van der Waals surface area contributed by atoms with E-state index in [2.05, 4.69) is 12.7 Å². The first-order valence-corrected chi connectivity index (χ1v) is 4.91. The number of hydrogen-bond donors (Lipinski definition) is 0. The minimum atomic E-state index is 0.264. The summed E-state index contributed by atoms with van der Waals surface area (Å²) < 4.78 is 0. The van der Waals surface area contributed by atoms with Crippen LogP contribution in [0.5, 0.6) is 0 Å². The van der Waals surface area contributed by atoms with Crippen molar-refractivity contribution in [2.75, 3.05) is 6.54 Å². The van der Waals surface area contributed by atoms with Gasteiger partial charge in [-0.2, -0.15) is 0 Å². The quantitative estimate of drug-likeness (QED) is 0.469. The highest BCUT2D eigenvalue weighted by Crippen LogP contribution is 2.10. The first-order chi connectivity index (χ1) is 6.34. The summed E-state index contributed by atoms with van der Waals surface area (Å²) in [7, 11) is 0. The summed E-state index contributed by atoms with van der Waals surface area (Å²) in [5.74, 6) is 0.264. The van der Waals surface area contributed by atoms with Crippen molar-refractivity contribution in [2.45, 2.75) is 32.1 Å². The molecule has 0 unspecified atom stereocenters. The highest BCUT2D eigenvalue weighted by Gasteiger charge is 2.16. The van der Waals surface area contributed by atoms with E-state index >= 15 is 0 Å². The second-order valence-corrected chi connectivity index (χ2v) is 3.30. The maximum atomic E-state index is 11.2. The van der Waals surface area contributed by atoms with Crippen LogP contribution in [-0.2, 0) is 4.79 Å². The Morgan fingerprint density at radius 3 is 2.92 bits per heavy atom. The normalized spacial score (nSPS) is 17.2. The Bertz CT molecular complexity index is 208. The van der Waals surface area contributed by atoms with Crippen LogP contribution in [0.1, 0.15) is 32.1 Å². The number of rotatable bonds is 5. The van der Waals surface area contributed by atoms with Gasteiger partial charge in [-0.25, -0.2) is 0 Å². The van der Waals surface area contributed by atoms with Gasteiger partial charge in [0.1, 0.15) is 0 Å². The second-order valence-electron chi connectivity index (χ2n) is 3.30. The first-order valence-electron chi connectivity index (χ1n) is 4.91. The minimum Gasteiger partial charge on any atom is -0.319 e. The molecule has 0 aromatic carbocycles. The number of hydrogen-bond acceptors (Lipinski definition) is 1. The average molecular weight is 179 g/mol. The van der Waals surface area contributed by atoms with Crippen molar-refractivity contribution in [3.63, 3.8) is 0 Å². The Labute approximate surface area is 79.9 Å². The molecule has 0 bridgehead atoms. The number of carbonyl (C=O) groups is 1. The van der Waals surface area contributed by atoms with E-state index in [1.807, 2.05) is 17.2 Å². The number of unbranched alkanes of at least 4 members (excludes halogenated alkanes) is 2. The zero-order chi connectivity index (χ0) is 9.52. The average Bonchev–Trinajstić information content (AvgIpc) is 2.52. The number of carbonyl (C=O) groups excluding carboxylic acids is 1. The summed E-state index contributed by atoms with van der Waals surface area (Å²) in [6.07, 6.45) is 10.9. The van der Waals surface area contributed by atoms with Crippen LogP contribution in [0.2, 0.25) is 0 Å². The third kappa shape index (κ3) is 3.45. The monoisotopic (exact) mass is 179 g/mol. The molecule has 0 saturated carbocycles. The largest absolute Gasteiger partial charge is 0.319 e. The number of amides is 1. The van der Waals surface area contributed by atoms with Crippen molar-refractivity contribution in [2.24, 2.45) is 0 Å². The van der Waals surface area contributed by atoms with Crippen molar-refractivity contribution in [3.8, 4) is 0 Å². The van der Waals surface area contributed by atoms with Gasteiger partial charge in [0.05, 0.1) is 0 Å². The van der Waals surface area contributed by atoms with Crippen molar-refractivity contribution < 1.29 is 4.79 Å². The number of nitrogens with zero attached hydrogens (tertiary/aromatic N) is 1. The van der Waals surface area contributed by atoms with Crippen LogP contribution >= 0.6 is 0 Å². The molecule has 1 heterocycles. The predicted octanol–water partition coefficient (Wildman–Crippen LogP) is 2.48. The molecule has 2 nitrogen and oxygen atoms in total. The van der Waals surface area contributed by atoms with Crippen LogP contribution in [0.4, 0.5) is 0 Å². The van der Waals surface area contributed by atoms with Gasteiger partial charge >= 0.3 is 0 Å². The van der Waals surface area contributed by atoms with E-state index in [1.165, 1.54) is 0 Å². The van der Waals surface area contributed by atoms with Crippen LogP contribution in [-0.4, -0.2) is 17.4 Å². The van der Waals surface area contributed by atoms with Crippen molar-refractivity contribution in [1.29, 1.82) is 0 Å². The standard InChI is InChI=1S/C11H17NO/c1-2-3-4-5-6-9-12-10-7-8-11(12)13/h2,6,9H,1,3-5,7-8,10H2/b9-6+. The molecule has 0 aliphatic carbocycles. The van der Waals surface area contributed by atoms with Crippen LogP contribution in [0.15, 0.2) is 24.9 Å². The maximum Gasteiger partial charge on any atom is 0.226 e. The van der Waals surface area contributed by atoms with E-state index < -0.39 is 0 Å². The molecule has 1 rings (SSSR count). The predicted molar refractivity (Wildman–Crippen MR) is 54.1 cm³/mol. The fourth-order valence-corrected chi connectivity index (χ4v) is 1.41. The smallest absolute Gasteiger partial charge is 0.226 e. The highest BCUT2D eigenvalue weighted by molar-refractivity contribution is 5.79. The molecule has 0 radical (unpaired) electrons. The highest BCUT2D eigenvalue weighted by atomic mass is 16.2. The third-order valence-corrected chi connectivity index (χ3v) is 2.17. The SMILES string of the molecule is C=CCCC/C=C/N1CCCC1=O. The Kier molecular flexibility index (Phi) is 4.30. The molecule has 2 heteroatoms.